The molecule has 1 saturated carbocycles. The Hall–Kier alpha value is -0.0400. The van der Waals surface area contributed by atoms with E-state index in [2.05, 4.69) is 26.1 Å². The fourth-order valence-electron chi connectivity index (χ4n) is 2.92. The zero-order chi connectivity index (χ0) is 10.4. The van der Waals surface area contributed by atoms with Crippen LogP contribution in [0.4, 0.5) is 0 Å². The molecule has 3 atom stereocenters. The second-order valence-corrected chi connectivity index (χ2v) is 4.86. The maximum Gasteiger partial charge on any atom is 0.00696 e. The lowest BCUT2D eigenvalue weighted by Gasteiger charge is -2.35. The molecule has 0 aromatic heterocycles. The van der Waals surface area contributed by atoms with Crippen molar-refractivity contribution in [2.45, 2.75) is 65.3 Å². The molecule has 0 amide bonds. The zero-order valence-corrected chi connectivity index (χ0v) is 10.2. The molecule has 1 rings (SSSR count). The van der Waals surface area contributed by atoms with E-state index in [9.17, 15) is 0 Å². The molecule has 1 fully saturated rings. The molecule has 0 heterocycles. The molecule has 1 nitrogen and oxygen atoms in total. The SMILES string of the molecule is CCCNC(C)C1CCCCC1CC. The summed E-state index contributed by atoms with van der Waals surface area (Å²) in [6.45, 7) is 8.18. The lowest BCUT2D eigenvalue weighted by atomic mass is 9.74. The minimum absolute atomic E-state index is 0.736. The molecule has 0 radical (unpaired) electrons. The van der Waals surface area contributed by atoms with Crippen LogP contribution in [0.5, 0.6) is 0 Å². The predicted molar refractivity (Wildman–Crippen MR) is 63.5 cm³/mol. The van der Waals surface area contributed by atoms with Crippen molar-refractivity contribution in [3.63, 3.8) is 0 Å². The van der Waals surface area contributed by atoms with Gasteiger partial charge in [0.15, 0.2) is 0 Å². The second kappa shape index (κ2) is 6.44. The van der Waals surface area contributed by atoms with Crippen molar-refractivity contribution in [2.75, 3.05) is 6.54 Å². The molecule has 0 aliphatic heterocycles. The van der Waals surface area contributed by atoms with E-state index in [0.717, 1.165) is 17.9 Å². The quantitative estimate of drug-likeness (QED) is 0.710. The minimum Gasteiger partial charge on any atom is -0.314 e. The van der Waals surface area contributed by atoms with Crippen molar-refractivity contribution in [3.8, 4) is 0 Å². The molecule has 0 aromatic rings. The Morgan fingerprint density at radius 3 is 2.57 bits per heavy atom. The Kier molecular flexibility index (Phi) is 5.54. The summed E-state index contributed by atoms with van der Waals surface area (Å²) in [5.74, 6) is 1.93. The molecule has 3 unspecified atom stereocenters. The van der Waals surface area contributed by atoms with Gasteiger partial charge in [-0.25, -0.2) is 0 Å². The lowest BCUT2D eigenvalue weighted by Crippen LogP contribution is -2.39. The number of rotatable bonds is 5. The maximum atomic E-state index is 3.67. The molecule has 84 valence electrons. The van der Waals surface area contributed by atoms with Gasteiger partial charge < -0.3 is 5.32 Å². The van der Waals surface area contributed by atoms with Gasteiger partial charge in [-0.05, 0) is 38.1 Å². The van der Waals surface area contributed by atoms with Crippen LogP contribution in [0.1, 0.15) is 59.3 Å². The average molecular weight is 197 g/mol. The second-order valence-electron chi connectivity index (χ2n) is 4.86. The van der Waals surface area contributed by atoms with Crippen molar-refractivity contribution in [3.05, 3.63) is 0 Å². The van der Waals surface area contributed by atoms with Gasteiger partial charge in [-0.15, -0.1) is 0 Å². The lowest BCUT2D eigenvalue weighted by molar-refractivity contribution is 0.183. The van der Waals surface area contributed by atoms with Crippen LogP contribution in [0.15, 0.2) is 0 Å². The van der Waals surface area contributed by atoms with Crippen LogP contribution in [0.2, 0.25) is 0 Å². The van der Waals surface area contributed by atoms with Crippen LogP contribution < -0.4 is 5.32 Å². The van der Waals surface area contributed by atoms with Gasteiger partial charge in [0.1, 0.15) is 0 Å². The Morgan fingerprint density at radius 1 is 1.21 bits per heavy atom. The highest BCUT2D eigenvalue weighted by Crippen LogP contribution is 2.34. The largest absolute Gasteiger partial charge is 0.314 e. The topological polar surface area (TPSA) is 12.0 Å². The summed E-state index contributed by atoms with van der Waals surface area (Å²) < 4.78 is 0. The van der Waals surface area contributed by atoms with Gasteiger partial charge in [0.05, 0.1) is 0 Å². The summed E-state index contributed by atoms with van der Waals surface area (Å²) in [7, 11) is 0. The fraction of sp³-hybridized carbons (Fsp3) is 1.00. The van der Waals surface area contributed by atoms with E-state index >= 15 is 0 Å². The van der Waals surface area contributed by atoms with Gasteiger partial charge in [-0.3, -0.25) is 0 Å². The van der Waals surface area contributed by atoms with Crippen LogP contribution in [-0.2, 0) is 0 Å². The third-order valence-electron chi connectivity index (χ3n) is 3.85. The maximum absolute atomic E-state index is 3.67. The highest BCUT2D eigenvalue weighted by molar-refractivity contribution is 4.81. The van der Waals surface area contributed by atoms with E-state index in [4.69, 9.17) is 0 Å². The standard InChI is InChI=1S/C13H27N/c1-4-10-14-11(3)13-9-7-6-8-12(13)5-2/h11-14H,4-10H2,1-3H3. The zero-order valence-electron chi connectivity index (χ0n) is 10.2. The number of hydrogen-bond donors (Lipinski definition) is 1. The van der Waals surface area contributed by atoms with E-state index in [0.29, 0.717) is 0 Å². The highest BCUT2D eigenvalue weighted by Gasteiger charge is 2.27. The first kappa shape index (κ1) is 12.0. The van der Waals surface area contributed by atoms with E-state index in [-0.39, 0.29) is 0 Å². The molecule has 14 heavy (non-hydrogen) atoms. The van der Waals surface area contributed by atoms with Gasteiger partial charge in [0.25, 0.3) is 0 Å². The van der Waals surface area contributed by atoms with Crippen molar-refractivity contribution < 1.29 is 0 Å². The predicted octanol–water partition coefficient (Wildman–Crippen LogP) is 3.59. The van der Waals surface area contributed by atoms with Crippen LogP contribution in [0.25, 0.3) is 0 Å². The van der Waals surface area contributed by atoms with E-state index in [1.807, 2.05) is 0 Å². The third-order valence-corrected chi connectivity index (χ3v) is 3.85. The van der Waals surface area contributed by atoms with E-state index < -0.39 is 0 Å². The summed E-state index contributed by atoms with van der Waals surface area (Å²) in [5.41, 5.74) is 0. The normalized spacial score (nSPS) is 30.2. The van der Waals surface area contributed by atoms with Crippen LogP contribution in [-0.4, -0.2) is 12.6 Å². The smallest absolute Gasteiger partial charge is 0.00696 e. The van der Waals surface area contributed by atoms with Gasteiger partial charge in [-0.2, -0.15) is 0 Å². The van der Waals surface area contributed by atoms with Crippen molar-refractivity contribution >= 4 is 0 Å². The molecule has 1 heteroatoms. The molecule has 0 spiro atoms. The van der Waals surface area contributed by atoms with Crippen LogP contribution in [0, 0.1) is 11.8 Å². The van der Waals surface area contributed by atoms with Gasteiger partial charge in [-0.1, -0.05) is 39.5 Å². The van der Waals surface area contributed by atoms with Gasteiger partial charge >= 0.3 is 0 Å². The van der Waals surface area contributed by atoms with Gasteiger partial charge in [0, 0.05) is 6.04 Å². The molecule has 0 bridgehead atoms. The third kappa shape index (κ3) is 3.27. The van der Waals surface area contributed by atoms with Crippen LogP contribution in [0.3, 0.4) is 0 Å². The Morgan fingerprint density at radius 2 is 1.93 bits per heavy atom. The Balaban J connectivity index is 2.37. The number of hydrogen-bond acceptors (Lipinski definition) is 1. The Bertz CT molecular complexity index is 144. The first-order valence-corrected chi connectivity index (χ1v) is 6.53. The van der Waals surface area contributed by atoms with Crippen molar-refractivity contribution in [2.24, 2.45) is 11.8 Å². The molecule has 1 aliphatic rings. The van der Waals surface area contributed by atoms with Crippen molar-refractivity contribution in [1.29, 1.82) is 0 Å². The van der Waals surface area contributed by atoms with Crippen LogP contribution >= 0.6 is 0 Å². The summed E-state index contributed by atoms with van der Waals surface area (Å²) in [6, 6.07) is 0.736. The average Bonchev–Trinajstić information content (AvgIpc) is 2.25. The summed E-state index contributed by atoms with van der Waals surface area (Å²) in [5, 5.41) is 3.67. The van der Waals surface area contributed by atoms with Crippen molar-refractivity contribution in [1.82, 2.24) is 5.32 Å². The Labute approximate surface area is 89.7 Å². The molecular weight excluding hydrogens is 170 g/mol. The molecule has 1 N–H and O–H groups in total. The molecule has 1 aliphatic carbocycles. The molecule has 0 saturated heterocycles. The van der Waals surface area contributed by atoms with Gasteiger partial charge in [0.2, 0.25) is 0 Å². The minimum atomic E-state index is 0.736. The first-order valence-electron chi connectivity index (χ1n) is 6.53. The molecule has 0 aromatic carbocycles. The van der Waals surface area contributed by atoms with E-state index in [1.54, 1.807) is 0 Å². The highest BCUT2D eigenvalue weighted by atomic mass is 14.9. The molecular formula is C13H27N. The summed E-state index contributed by atoms with van der Waals surface area (Å²) >= 11 is 0. The summed E-state index contributed by atoms with van der Waals surface area (Å²) in [6.07, 6.45) is 8.49. The first-order chi connectivity index (χ1) is 6.79. The summed E-state index contributed by atoms with van der Waals surface area (Å²) in [4.78, 5) is 0. The monoisotopic (exact) mass is 197 g/mol. The number of nitrogens with one attached hydrogen (secondary N) is 1. The fourth-order valence-corrected chi connectivity index (χ4v) is 2.92. The van der Waals surface area contributed by atoms with E-state index in [1.165, 1.54) is 45.1 Å².